The molecule has 0 aromatic carbocycles. The Kier molecular flexibility index (Phi) is 2.88. The van der Waals surface area contributed by atoms with E-state index in [-0.39, 0.29) is 39.1 Å². The van der Waals surface area contributed by atoms with Crippen LogP contribution in [-0.4, -0.2) is 39.1 Å². The molecule has 0 aromatic heterocycles. The molecule has 42 valence electrons. The summed E-state index contributed by atoms with van der Waals surface area (Å²) in [4.78, 5) is 20.1. The molecule has 2 radical (unpaired) electrons. The van der Waals surface area contributed by atoms with E-state index in [0.717, 1.165) is 0 Å². The molecule has 0 saturated carbocycles. The second kappa shape index (κ2) is 2.96. The maximum atomic E-state index is 10.0. The topological polar surface area (TPSA) is 46.2 Å². The van der Waals surface area contributed by atoms with Gasteiger partial charge in [-0.05, 0) is 0 Å². The van der Waals surface area contributed by atoms with Gasteiger partial charge in [0.05, 0.1) is 0 Å². The van der Waals surface area contributed by atoms with Crippen LogP contribution >= 0.6 is 0 Å². The average Bonchev–Trinajstić information content (AvgIpc) is 1.87. The number of nitrogens with one attached hydrogen (secondary N) is 1. The first-order valence-corrected chi connectivity index (χ1v) is 1.82. The molecule has 1 rings (SSSR count). The minimum absolute atomic E-state index is 0. The van der Waals surface area contributed by atoms with E-state index in [0.29, 0.717) is 0 Å². The van der Waals surface area contributed by atoms with E-state index in [1.807, 2.05) is 5.32 Å². The van der Waals surface area contributed by atoms with Gasteiger partial charge in [-0.25, -0.2) is 0 Å². The molecule has 1 N–H and O–H groups in total. The molecule has 8 heavy (non-hydrogen) atoms. The number of carbonyl (C=O) groups is 2. The molecule has 3 nitrogen and oxygen atoms in total. The van der Waals surface area contributed by atoms with Crippen molar-refractivity contribution in [3.05, 3.63) is 12.2 Å². The summed E-state index contributed by atoms with van der Waals surface area (Å²) in [5.41, 5.74) is 0. The molecule has 0 saturated heterocycles. The van der Waals surface area contributed by atoms with Crippen molar-refractivity contribution in [2.24, 2.45) is 0 Å². The van der Waals surface area contributed by atoms with Crippen molar-refractivity contribution in [3.63, 3.8) is 0 Å². The van der Waals surface area contributed by atoms with E-state index in [1.54, 1.807) is 0 Å². The van der Waals surface area contributed by atoms with Crippen LogP contribution in [0.1, 0.15) is 0 Å². The van der Waals surface area contributed by atoms with E-state index in [4.69, 9.17) is 0 Å². The van der Waals surface area contributed by atoms with Crippen molar-refractivity contribution in [2.45, 2.75) is 0 Å². The summed E-state index contributed by atoms with van der Waals surface area (Å²) < 4.78 is 0. The molecule has 0 bridgehead atoms. The van der Waals surface area contributed by atoms with Crippen LogP contribution in [0.2, 0.25) is 0 Å². The van der Waals surface area contributed by atoms with Gasteiger partial charge in [-0.15, -0.1) is 0 Å². The van der Waals surface area contributed by atoms with Crippen LogP contribution < -0.4 is 5.32 Å². The summed E-state index contributed by atoms with van der Waals surface area (Å²) in [6.07, 6.45) is 2.39. The monoisotopic (exact) mass is 307 g/mol. The van der Waals surface area contributed by atoms with Gasteiger partial charge in [-0.1, -0.05) is 0 Å². The summed E-state index contributed by atoms with van der Waals surface area (Å²) in [7, 11) is 0. The number of hydrogen-bond acceptors (Lipinski definition) is 2. The summed E-state index contributed by atoms with van der Waals surface area (Å²) in [6.45, 7) is 0. The third kappa shape index (κ3) is 1.73. The van der Waals surface area contributed by atoms with Crippen molar-refractivity contribution in [3.8, 4) is 0 Å². The molecule has 0 spiro atoms. The van der Waals surface area contributed by atoms with E-state index < -0.39 is 0 Å². The first kappa shape index (κ1) is 7.80. The van der Waals surface area contributed by atoms with Gasteiger partial charge in [0.25, 0.3) is 11.8 Å². The standard InChI is InChI=1S/C4H3NO2.Pb.2H/c6-3-1-2-4(7)5-3;;;/h1-2H,(H,5,6,7);;;. The van der Waals surface area contributed by atoms with Crippen molar-refractivity contribution >= 4 is 39.1 Å². The number of imide groups is 1. The Hall–Kier alpha value is -0.198. The number of carbonyl (C=O) groups excluding carboxylic acids is 2. The number of hydrogen-bond donors (Lipinski definition) is 1. The quantitative estimate of drug-likeness (QED) is 0.428. The summed E-state index contributed by atoms with van der Waals surface area (Å²) in [6, 6.07) is 0. The molecule has 0 atom stereocenters. The van der Waals surface area contributed by atoms with E-state index in [2.05, 4.69) is 0 Å². The van der Waals surface area contributed by atoms with Crippen LogP contribution in [0.4, 0.5) is 0 Å². The fourth-order valence-corrected chi connectivity index (χ4v) is 0.356. The third-order valence-electron chi connectivity index (χ3n) is 0.632. The first-order chi connectivity index (χ1) is 3.29. The fourth-order valence-electron chi connectivity index (χ4n) is 0.356. The Bertz CT molecular complexity index is 136. The molecular weight excluding hydrogens is 301 g/mol. The van der Waals surface area contributed by atoms with Crippen LogP contribution in [0.15, 0.2) is 12.2 Å². The SMILES string of the molecule is O=C1C=CC(=O)N1.[PbH2]. The van der Waals surface area contributed by atoms with Crippen LogP contribution in [-0.2, 0) is 9.59 Å². The van der Waals surface area contributed by atoms with Gasteiger partial charge in [0.1, 0.15) is 0 Å². The molecule has 1 aliphatic heterocycles. The van der Waals surface area contributed by atoms with Crippen molar-refractivity contribution in [1.29, 1.82) is 0 Å². The number of rotatable bonds is 0. The Morgan fingerprint density at radius 3 is 1.62 bits per heavy atom. The van der Waals surface area contributed by atoms with Gasteiger partial charge in [-0.2, -0.15) is 0 Å². The van der Waals surface area contributed by atoms with Crippen LogP contribution in [0, 0.1) is 0 Å². The Balaban J connectivity index is 0.000000490. The minimum atomic E-state index is -0.329. The van der Waals surface area contributed by atoms with Gasteiger partial charge in [0.2, 0.25) is 0 Å². The molecule has 4 heteroatoms. The van der Waals surface area contributed by atoms with E-state index in [9.17, 15) is 9.59 Å². The van der Waals surface area contributed by atoms with Crippen LogP contribution in [0.25, 0.3) is 0 Å². The Labute approximate surface area is 66.3 Å². The molecule has 0 unspecified atom stereocenters. The van der Waals surface area contributed by atoms with Crippen LogP contribution in [0.5, 0.6) is 0 Å². The average molecular weight is 306 g/mol. The van der Waals surface area contributed by atoms with Crippen molar-refractivity contribution in [2.75, 3.05) is 0 Å². The maximum absolute atomic E-state index is 10.0. The van der Waals surface area contributed by atoms with E-state index >= 15 is 0 Å². The second-order valence-electron chi connectivity index (χ2n) is 1.19. The van der Waals surface area contributed by atoms with Gasteiger partial charge in [0.15, 0.2) is 0 Å². The Morgan fingerprint density at radius 1 is 1.12 bits per heavy atom. The second-order valence-corrected chi connectivity index (χ2v) is 1.19. The van der Waals surface area contributed by atoms with Gasteiger partial charge >= 0.3 is 27.3 Å². The van der Waals surface area contributed by atoms with E-state index in [1.165, 1.54) is 12.2 Å². The number of amides is 2. The third-order valence-corrected chi connectivity index (χ3v) is 0.632. The summed E-state index contributed by atoms with van der Waals surface area (Å²) in [5.74, 6) is -0.657. The molecule has 1 heterocycles. The fraction of sp³-hybridized carbons (Fsp3) is 0. The van der Waals surface area contributed by atoms with Crippen molar-refractivity contribution in [1.82, 2.24) is 5.32 Å². The summed E-state index contributed by atoms with van der Waals surface area (Å²) in [5, 5.41) is 2.03. The molecule has 2 amide bonds. The van der Waals surface area contributed by atoms with Crippen LogP contribution in [0.3, 0.4) is 0 Å². The molecular formula is C4H5NO2Pb. The first-order valence-electron chi connectivity index (χ1n) is 1.82. The van der Waals surface area contributed by atoms with Gasteiger partial charge in [-0.3, -0.25) is 14.9 Å². The predicted octanol–water partition coefficient (Wildman–Crippen LogP) is -1.72. The zero-order chi connectivity index (χ0) is 5.28. The summed E-state index contributed by atoms with van der Waals surface area (Å²) >= 11 is 0. The Morgan fingerprint density at radius 2 is 1.50 bits per heavy atom. The van der Waals surface area contributed by atoms with Gasteiger partial charge in [0, 0.05) is 12.2 Å². The van der Waals surface area contributed by atoms with Gasteiger partial charge < -0.3 is 0 Å². The molecule has 1 aliphatic rings. The normalized spacial score (nSPS) is 15.5. The molecule has 0 aromatic rings. The van der Waals surface area contributed by atoms with Crippen molar-refractivity contribution < 1.29 is 9.59 Å². The predicted molar refractivity (Wildman–Crippen MR) is 30.8 cm³/mol. The molecule has 0 aliphatic carbocycles. The zero-order valence-corrected chi connectivity index (χ0v) is 9.68. The molecule has 0 fully saturated rings. The zero-order valence-electron chi connectivity index (χ0n) is 4.18.